The van der Waals surface area contributed by atoms with E-state index in [9.17, 15) is 26.4 Å². The van der Waals surface area contributed by atoms with E-state index in [0.29, 0.717) is 32.1 Å². The zero-order valence-electron chi connectivity index (χ0n) is 13.4. The van der Waals surface area contributed by atoms with Crippen LogP contribution in [0.1, 0.15) is 58.8 Å². The third-order valence-corrected chi connectivity index (χ3v) is 5.31. The van der Waals surface area contributed by atoms with Crippen molar-refractivity contribution in [2.75, 3.05) is 11.5 Å². The second-order valence-corrected chi connectivity index (χ2v) is 8.38. The van der Waals surface area contributed by atoms with Crippen LogP contribution in [0.4, 0.5) is 0 Å². The maximum Gasteiger partial charge on any atom is 0.322 e. The summed E-state index contributed by atoms with van der Waals surface area (Å²) in [6.07, 6.45) is 1.70. The normalized spacial score (nSPS) is 11.9. The van der Waals surface area contributed by atoms with E-state index in [4.69, 9.17) is 0 Å². The number of hydrogen-bond acceptors (Lipinski definition) is 8. The quantitative estimate of drug-likeness (QED) is 0.373. The Morgan fingerprint density at radius 2 is 1.04 bits per heavy atom. The van der Waals surface area contributed by atoms with Gasteiger partial charge in [-0.25, -0.2) is 0 Å². The van der Waals surface area contributed by atoms with Gasteiger partial charge in [0.1, 0.15) is 0 Å². The van der Waals surface area contributed by atoms with E-state index in [0.717, 1.165) is 0 Å². The Labute approximate surface area is 137 Å². The Morgan fingerprint density at radius 1 is 0.696 bits per heavy atom. The molecule has 0 aromatic rings. The van der Waals surface area contributed by atoms with Crippen LogP contribution in [0.5, 0.6) is 0 Å². The Balaban J connectivity index is 3.89. The number of unbranched alkanes of at least 4 members (excludes halogenated alkanes) is 2. The van der Waals surface area contributed by atoms with Crippen molar-refractivity contribution >= 4 is 32.2 Å². The zero-order valence-corrected chi connectivity index (χ0v) is 15.1. The molecule has 0 atom stereocenters. The van der Waals surface area contributed by atoms with E-state index in [1.54, 1.807) is 13.8 Å². The van der Waals surface area contributed by atoms with Crippen LogP contribution in [-0.4, -0.2) is 40.3 Å². The van der Waals surface area contributed by atoms with Crippen molar-refractivity contribution in [1.29, 1.82) is 0 Å². The number of carbonyl (C=O) groups is 2. The molecule has 0 saturated heterocycles. The first kappa shape index (κ1) is 21.8. The molecule has 136 valence electrons. The summed E-state index contributed by atoms with van der Waals surface area (Å²) >= 11 is 0. The molecule has 0 aromatic heterocycles. The van der Waals surface area contributed by atoms with Gasteiger partial charge in [-0.1, -0.05) is 20.3 Å². The predicted octanol–water partition coefficient (Wildman–Crippen LogP) is 1.50. The van der Waals surface area contributed by atoms with Crippen LogP contribution in [-0.2, 0) is 38.2 Å². The van der Waals surface area contributed by atoms with Crippen LogP contribution in [0.3, 0.4) is 0 Å². The maximum absolute atomic E-state index is 11.3. The molecule has 0 spiro atoms. The van der Waals surface area contributed by atoms with Crippen LogP contribution in [0, 0.1) is 0 Å². The Hall–Kier alpha value is -1.16. The molecule has 10 heteroatoms. The van der Waals surface area contributed by atoms with E-state index < -0.39 is 32.2 Å². The minimum Gasteiger partial charge on any atom is -0.346 e. The highest BCUT2D eigenvalue weighted by Gasteiger charge is 2.17. The molecular formula is C13H24O8S2. The van der Waals surface area contributed by atoms with E-state index in [1.807, 2.05) is 0 Å². The first-order chi connectivity index (χ1) is 10.6. The molecule has 0 bridgehead atoms. The van der Waals surface area contributed by atoms with Gasteiger partial charge in [-0.3, -0.25) is 9.59 Å². The fourth-order valence-corrected chi connectivity index (χ4v) is 3.57. The lowest BCUT2D eigenvalue weighted by atomic mass is 10.1. The smallest absolute Gasteiger partial charge is 0.322 e. The summed E-state index contributed by atoms with van der Waals surface area (Å²) in [5.41, 5.74) is 0. The summed E-state index contributed by atoms with van der Waals surface area (Å²) in [5, 5.41) is 0. The second kappa shape index (κ2) is 10.6. The molecule has 0 unspecified atom stereocenters. The summed E-state index contributed by atoms with van der Waals surface area (Å²) in [4.78, 5) is 22.6. The lowest BCUT2D eigenvalue weighted by Gasteiger charge is -2.05. The average Bonchev–Trinajstić information content (AvgIpc) is 2.36. The molecule has 0 N–H and O–H groups in total. The number of carbonyl (C=O) groups excluding carboxylic acids is 2. The predicted molar refractivity (Wildman–Crippen MR) is 83.4 cm³/mol. The van der Waals surface area contributed by atoms with Gasteiger partial charge in [-0.15, -0.1) is 0 Å². The summed E-state index contributed by atoms with van der Waals surface area (Å²) in [6.45, 7) is 3.32. The van der Waals surface area contributed by atoms with Crippen LogP contribution in [0.2, 0.25) is 0 Å². The molecule has 0 aromatic carbocycles. The molecule has 23 heavy (non-hydrogen) atoms. The second-order valence-electron chi connectivity index (χ2n) is 4.99. The molecule has 0 rings (SSSR count). The van der Waals surface area contributed by atoms with E-state index in [2.05, 4.69) is 8.37 Å². The molecule has 0 aliphatic carbocycles. The molecule has 0 heterocycles. The lowest BCUT2D eigenvalue weighted by Crippen LogP contribution is -2.16. The molecule has 0 aliphatic rings. The van der Waals surface area contributed by atoms with E-state index >= 15 is 0 Å². The van der Waals surface area contributed by atoms with Crippen molar-refractivity contribution < 1.29 is 34.8 Å². The van der Waals surface area contributed by atoms with Crippen molar-refractivity contribution in [2.45, 2.75) is 58.8 Å². The number of hydrogen-bond donors (Lipinski definition) is 0. The molecule has 8 nitrogen and oxygen atoms in total. The fraction of sp³-hybridized carbons (Fsp3) is 0.846. The van der Waals surface area contributed by atoms with E-state index in [1.165, 1.54) is 0 Å². The Kier molecular flexibility index (Phi) is 10.1. The van der Waals surface area contributed by atoms with Crippen LogP contribution >= 0.6 is 0 Å². The fourth-order valence-electron chi connectivity index (χ4n) is 1.67. The summed E-state index contributed by atoms with van der Waals surface area (Å²) < 4.78 is 53.7. The highest BCUT2D eigenvalue weighted by molar-refractivity contribution is 7.87. The van der Waals surface area contributed by atoms with Crippen molar-refractivity contribution in [3.05, 3.63) is 0 Å². The topological polar surface area (TPSA) is 121 Å². The van der Waals surface area contributed by atoms with Gasteiger partial charge >= 0.3 is 32.2 Å². The van der Waals surface area contributed by atoms with Crippen molar-refractivity contribution in [3.63, 3.8) is 0 Å². The third-order valence-electron chi connectivity index (χ3n) is 2.61. The third kappa shape index (κ3) is 12.0. The lowest BCUT2D eigenvalue weighted by molar-refractivity contribution is -0.134. The van der Waals surface area contributed by atoms with Crippen LogP contribution < -0.4 is 0 Å². The molecule has 0 amide bonds. The summed E-state index contributed by atoms with van der Waals surface area (Å²) in [5.74, 6) is -2.08. The van der Waals surface area contributed by atoms with E-state index in [-0.39, 0.29) is 24.3 Å². The molecule has 0 fully saturated rings. The highest BCUT2D eigenvalue weighted by atomic mass is 32.2. The maximum atomic E-state index is 11.3. The van der Waals surface area contributed by atoms with Gasteiger partial charge in [0.05, 0.1) is 11.5 Å². The van der Waals surface area contributed by atoms with Gasteiger partial charge in [0.2, 0.25) is 0 Å². The van der Waals surface area contributed by atoms with Crippen LogP contribution in [0.25, 0.3) is 0 Å². The molecule has 0 aliphatic heterocycles. The highest BCUT2D eigenvalue weighted by Crippen LogP contribution is 2.08. The molecular weight excluding hydrogens is 348 g/mol. The SMILES string of the molecule is CCCS(=O)(=O)OC(=O)CCCCCC(=O)OS(=O)(=O)CCC. The van der Waals surface area contributed by atoms with Gasteiger partial charge in [0.25, 0.3) is 0 Å². The van der Waals surface area contributed by atoms with Crippen molar-refractivity contribution in [3.8, 4) is 0 Å². The minimum atomic E-state index is -3.80. The minimum absolute atomic E-state index is 0.0773. The Bertz CT molecular complexity index is 525. The van der Waals surface area contributed by atoms with Gasteiger partial charge in [0, 0.05) is 12.8 Å². The monoisotopic (exact) mass is 372 g/mol. The van der Waals surface area contributed by atoms with Gasteiger partial charge in [-0.05, 0) is 25.7 Å². The molecule has 0 radical (unpaired) electrons. The largest absolute Gasteiger partial charge is 0.346 e. The van der Waals surface area contributed by atoms with Gasteiger partial charge in [0.15, 0.2) is 0 Å². The van der Waals surface area contributed by atoms with Crippen LogP contribution in [0.15, 0.2) is 0 Å². The zero-order chi connectivity index (χ0) is 17.9. The Morgan fingerprint density at radius 3 is 1.35 bits per heavy atom. The van der Waals surface area contributed by atoms with Crippen molar-refractivity contribution in [2.24, 2.45) is 0 Å². The molecule has 0 saturated carbocycles. The van der Waals surface area contributed by atoms with Gasteiger partial charge in [-0.2, -0.15) is 16.8 Å². The average molecular weight is 372 g/mol. The number of rotatable bonds is 12. The first-order valence-electron chi connectivity index (χ1n) is 7.52. The van der Waals surface area contributed by atoms with Crippen molar-refractivity contribution in [1.82, 2.24) is 0 Å². The summed E-state index contributed by atoms with van der Waals surface area (Å²) in [7, 11) is -7.61. The van der Waals surface area contributed by atoms with Gasteiger partial charge < -0.3 is 8.37 Å². The standard InChI is InChI=1S/C13H24O8S2/c1-3-10-22(16,17)20-12(14)8-6-5-7-9-13(15)21-23(18,19)11-4-2/h3-11H2,1-2H3. The first-order valence-corrected chi connectivity index (χ1v) is 10.7. The summed E-state index contributed by atoms with van der Waals surface area (Å²) in [6, 6.07) is 0.